The zero-order valence-corrected chi connectivity index (χ0v) is 8.74. The number of aromatic amines is 1. The lowest BCUT2D eigenvalue weighted by Gasteiger charge is -2.01. The number of hydrogen-bond acceptors (Lipinski definition) is 2. The van der Waals surface area contributed by atoms with E-state index in [0.29, 0.717) is 12.1 Å². The average Bonchev–Trinajstić information content (AvgIpc) is 2.64. The van der Waals surface area contributed by atoms with Gasteiger partial charge < -0.3 is 4.98 Å². The predicted molar refractivity (Wildman–Crippen MR) is 58.9 cm³/mol. The molecule has 0 aliphatic heterocycles. The molecular weight excluding hydrogens is 188 g/mol. The number of aldehydes is 1. The lowest BCUT2D eigenvalue weighted by atomic mass is 10.1. The van der Waals surface area contributed by atoms with Crippen LogP contribution in [0.1, 0.15) is 21.7 Å². The first-order valence-electron chi connectivity index (χ1n) is 4.78. The molecule has 0 saturated heterocycles. The first-order chi connectivity index (χ1) is 7.19. The van der Waals surface area contributed by atoms with E-state index in [1.807, 2.05) is 13.8 Å². The largest absolute Gasteiger partial charge is 0.336 e. The Morgan fingerprint density at radius 1 is 1.20 bits per heavy atom. The summed E-state index contributed by atoms with van der Waals surface area (Å²) in [4.78, 5) is 17.4. The van der Waals surface area contributed by atoms with E-state index < -0.39 is 0 Å². The summed E-state index contributed by atoms with van der Waals surface area (Å²) in [5.41, 5.74) is 4.34. The molecule has 0 fully saturated rings. The first-order valence-corrected chi connectivity index (χ1v) is 4.78. The molecular formula is C12H12N2O. The predicted octanol–water partition coefficient (Wildman–Crippen LogP) is 2.51. The Kier molecular flexibility index (Phi) is 2.37. The minimum Gasteiger partial charge on any atom is -0.336 e. The molecule has 1 aromatic carbocycles. The van der Waals surface area contributed by atoms with Crippen LogP contribution < -0.4 is 0 Å². The molecule has 2 rings (SSSR count). The maximum absolute atomic E-state index is 10.5. The number of H-pyrrole nitrogens is 1. The van der Waals surface area contributed by atoms with Gasteiger partial charge in [0, 0.05) is 5.56 Å². The van der Waals surface area contributed by atoms with E-state index in [-0.39, 0.29) is 0 Å². The Bertz CT molecular complexity index is 480. The highest BCUT2D eigenvalue weighted by Crippen LogP contribution is 2.19. The fourth-order valence-electron chi connectivity index (χ4n) is 1.67. The van der Waals surface area contributed by atoms with Crippen LogP contribution >= 0.6 is 0 Å². The molecule has 3 nitrogen and oxygen atoms in total. The van der Waals surface area contributed by atoms with Gasteiger partial charge in [-0.1, -0.05) is 17.2 Å². The number of hydrogen-bond donors (Lipinski definition) is 1. The summed E-state index contributed by atoms with van der Waals surface area (Å²) in [7, 11) is 0. The number of imidazole rings is 1. The van der Waals surface area contributed by atoms with Crippen molar-refractivity contribution in [2.24, 2.45) is 0 Å². The molecule has 3 heteroatoms. The third-order valence-corrected chi connectivity index (χ3v) is 2.24. The molecule has 15 heavy (non-hydrogen) atoms. The van der Waals surface area contributed by atoms with Gasteiger partial charge in [-0.15, -0.1) is 0 Å². The zero-order chi connectivity index (χ0) is 10.8. The van der Waals surface area contributed by atoms with Crippen LogP contribution in [-0.2, 0) is 0 Å². The van der Waals surface area contributed by atoms with Crippen LogP contribution in [0, 0.1) is 13.8 Å². The van der Waals surface area contributed by atoms with Crippen molar-refractivity contribution in [3.05, 3.63) is 41.3 Å². The average molecular weight is 200 g/mol. The van der Waals surface area contributed by atoms with Crippen molar-refractivity contribution in [1.29, 1.82) is 0 Å². The minimum absolute atomic E-state index is 0.365. The maximum atomic E-state index is 10.5. The Morgan fingerprint density at radius 3 is 2.40 bits per heavy atom. The van der Waals surface area contributed by atoms with Gasteiger partial charge in [0.1, 0.15) is 0 Å². The fourth-order valence-corrected chi connectivity index (χ4v) is 1.67. The summed E-state index contributed by atoms with van der Waals surface area (Å²) < 4.78 is 0. The number of aromatic nitrogens is 2. The van der Waals surface area contributed by atoms with E-state index in [0.717, 1.165) is 11.3 Å². The van der Waals surface area contributed by atoms with Crippen molar-refractivity contribution in [1.82, 2.24) is 9.97 Å². The molecule has 0 bridgehead atoms. The third kappa shape index (κ3) is 1.96. The second-order valence-electron chi connectivity index (χ2n) is 3.68. The zero-order valence-electron chi connectivity index (χ0n) is 8.74. The number of benzene rings is 1. The monoisotopic (exact) mass is 200 g/mol. The third-order valence-electron chi connectivity index (χ3n) is 2.24. The number of nitrogens with one attached hydrogen (secondary N) is 1. The van der Waals surface area contributed by atoms with Gasteiger partial charge in [-0.25, -0.2) is 4.98 Å². The Labute approximate surface area is 88.2 Å². The van der Waals surface area contributed by atoms with Gasteiger partial charge in [-0.2, -0.15) is 0 Å². The van der Waals surface area contributed by atoms with Gasteiger partial charge in [0.15, 0.2) is 12.1 Å². The second-order valence-corrected chi connectivity index (χ2v) is 3.68. The maximum Gasteiger partial charge on any atom is 0.185 e. The van der Waals surface area contributed by atoms with Gasteiger partial charge in [-0.3, -0.25) is 4.79 Å². The quantitative estimate of drug-likeness (QED) is 0.757. The van der Waals surface area contributed by atoms with Crippen molar-refractivity contribution in [2.45, 2.75) is 13.8 Å². The topological polar surface area (TPSA) is 45.8 Å². The minimum atomic E-state index is 0.365. The van der Waals surface area contributed by atoms with Crippen LogP contribution in [0.2, 0.25) is 0 Å². The van der Waals surface area contributed by atoms with Gasteiger partial charge in [0.2, 0.25) is 0 Å². The van der Waals surface area contributed by atoms with Crippen molar-refractivity contribution in [2.75, 3.05) is 0 Å². The van der Waals surface area contributed by atoms with E-state index in [1.165, 1.54) is 11.1 Å². The van der Waals surface area contributed by atoms with Crippen LogP contribution in [0.15, 0.2) is 24.4 Å². The van der Waals surface area contributed by atoms with Crippen LogP contribution in [0.5, 0.6) is 0 Å². The highest BCUT2D eigenvalue weighted by Gasteiger charge is 2.03. The van der Waals surface area contributed by atoms with Crippen LogP contribution in [0.4, 0.5) is 0 Å². The SMILES string of the molecule is Cc1cc(C)cc(-c2cnc(C=O)[nH]2)c1. The van der Waals surface area contributed by atoms with E-state index in [1.54, 1.807) is 6.20 Å². The van der Waals surface area contributed by atoms with E-state index in [2.05, 4.69) is 28.2 Å². The van der Waals surface area contributed by atoms with Crippen molar-refractivity contribution < 1.29 is 4.79 Å². The van der Waals surface area contributed by atoms with E-state index in [4.69, 9.17) is 0 Å². The van der Waals surface area contributed by atoms with Gasteiger partial charge in [-0.05, 0) is 26.0 Å². The summed E-state index contributed by atoms with van der Waals surface area (Å²) >= 11 is 0. The summed E-state index contributed by atoms with van der Waals surface area (Å²) in [6.45, 7) is 4.10. The Morgan fingerprint density at radius 2 is 1.87 bits per heavy atom. The van der Waals surface area contributed by atoms with E-state index >= 15 is 0 Å². The Balaban J connectivity index is 2.48. The number of carbonyl (C=O) groups is 1. The van der Waals surface area contributed by atoms with Crippen molar-refractivity contribution in [3.63, 3.8) is 0 Å². The summed E-state index contributed by atoms with van der Waals surface area (Å²) in [5.74, 6) is 0.365. The molecule has 0 saturated carbocycles. The highest BCUT2D eigenvalue weighted by molar-refractivity contribution is 5.72. The molecule has 0 aliphatic rings. The molecule has 0 atom stereocenters. The standard InChI is InChI=1S/C12H12N2O/c1-8-3-9(2)5-10(4-8)11-6-13-12(7-15)14-11/h3-7H,1-2H3,(H,13,14). The molecule has 0 radical (unpaired) electrons. The number of rotatable bonds is 2. The molecule has 0 spiro atoms. The summed E-state index contributed by atoms with van der Waals surface area (Å²) in [6, 6.07) is 6.24. The number of nitrogens with zero attached hydrogens (tertiary/aromatic N) is 1. The first kappa shape index (κ1) is 9.65. The van der Waals surface area contributed by atoms with E-state index in [9.17, 15) is 4.79 Å². The highest BCUT2D eigenvalue weighted by atomic mass is 16.1. The van der Waals surface area contributed by atoms with Crippen molar-refractivity contribution in [3.8, 4) is 11.3 Å². The number of aryl methyl sites for hydroxylation is 2. The smallest absolute Gasteiger partial charge is 0.185 e. The Hall–Kier alpha value is -1.90. The van der Waals surface area contributed by atoms with Gasteiger partial charge in [0.05, 0.1) is 11.9 Å². The fraction of sp³-hybridized carbons (Fsp3) is 0.167. The number of carbonyl (C=O) groups excluding carboxylic acids is 1. The molecule has 0 aliphatic carbocycles. The molecule has 0 amide bonds. The van der Waals surface area contributed by atoms with Crippen LogP contribution in [0.25, 0.3) is 11.3 Å². The van der Waals surface area contributed by atoms with Crippen LogP contribution in [-0.4, -0.2) is 16.3 Å². The van der Waals surface area contributed by atoms with Crippen molar-refractivity contribution >= 4 is 6.29 Å². The lowest BCUT2D eigenvalue weighted by molar-refractivity contribution is 0.111. The summed E-state index contributed by atoms with van der Waals surface area (Å²) in [6.07, 6.45) is 2.39. The molecule has 1 heterocycles. The molecule has 0 unspecified atom stereocenters. The van der Waals surface area contributed by atoms with Crippen LogP contribution in [0.3, 0.4) is 0 Å². The molecule has 2 aromatic rings. The molecule has 76 valence electrons. The lowest BCUT2D eigenvalue weighted by Crippen LogP contribution is -1.84. The second kappa shape index (κ2) is 3.69. The normalized spacial score (nSPS) is 10.3. The van der Waals surface area contributed by atoms with Gasteiger partial charge in [0.25, 0.3) is 0 Å². The van der Waals surface area contributed by atoms with Gasteiger partial charge >= 0.3 is 0 Å². The molecule has 1 N–H and O–H groups in total. The summed E-state index contributed by atoms with van der Waals surface area (Å²) in [5, 5.41) is 0. The molecule has 1 aromatic heterocycles.